The van der Waals surface area contributed by atoms with E-state index in [1.165, 1.54) is 11.5 Å². The van der Waals surface area contributed by atoms with Crippen LogP contribution in [0.5, 0.6) is 0 Å². The Hall–Kier alpha value is -1.75. The van der Waals surface area contributed by atoms with Gasteiger partial charge in [-0.3, -0.25) is 4.98 Å². The molecule has 2 aromatic heterocycles. The van der Waals surface area contributed by atoms with Crippen molar-refractivity contribution < 1.29 is 4.74 Å². The average molecular weight is 233 g/mol. The fraction of sp³-hybridized carbons (Fsp3) is 0.182. The molecule has 0 bridgehead atoms. The van der Waals surface area contributed by atoms with Gasteiger partial charge < -0.3 is 4.74 Å². The van der Waals surface area contributed by atoms with Crippen molar-refractivity contribution in [1.29, 1.82) is 0 Å². The summed E-state index contributed by atoms with van der Waals surface area (Å²) >= 11 is 1.29. The van der Waals surface area contributed by atoms with Crippen LogP contribution in [0.2, 0.25) is 0 Å². The van der Waals surface area contributed by atoms with E-state index >= 15 is 0 Å². The SMILES string of the molecule is C=C(OCc1ccccn1)c1snnc1C. The van der Waals surface area contributed by atoms with Crippen molar-refractivity contribution >= 4 is 17.3 Å². The van der Waals surface area contributed by atoms with E-state index in [1.807, 2.05) is 25.1 Å². The van der Waals surface area contributed by atoms with E-state index in [9.17, 15) is 0 Å². The Morgan fingerprint density at radius 3 is 3.00 bits per heavy atom. The lowest BCUT2D eigenvalue weighted by Crippen LogP contribution is -1.94. The molecule has 16 heavy (non-hydrogen) atoms. The number of nitrogens with zero attached hydrogens (tertiary/aromatic N) is 3. The smallest absolute Gasteiger partial charge is 0.133 e. The second kappa shape index (κ2) is 4.85. The highest BCUT2D eigenvalue weighted by molar-refractivity contribution is 7.06. The quantitative estimate of drug-likeness (QED) is 0.761. The summed E-state index contributed by atoms with van der Waals surface area (Å²) in [5, 5.41) is 3.90. The van der Waals surface area contributed by atoms with Crippen LogP contribution in [0.3, 0.4) is 0 Å². The fourth-order valence-corrected chi connectivity index (χ4v) is 1.78. The van der Waals surface area contributed by atoms with Gasteiger partial charge >= 0.3 is 0 Å². The molecule has 0 atom stereocenters. The molecule has 0 aliphatic rings. The molecule has 2 heterocycles. The van der Waals surface area contributed by atoms with Gasteiger partial charge in [0.25, 0.3) is 0 Å². The molecule has 5 heteroatoms. The van der Waals surface area contributed by atoms with E-state index in [2.05, 4.69) is 21.1 Å². The molecule has 0 N–H and O–H groups in total. The van der Waals surface area contributed by atoms with Crippen LogP contribution >= 0.6 is 11.5 Å². The van der Waals surface area contributed by atoms with Crippen LogP contribution in [0.4, 0.5) is 0 Å². The van der Waals surface area contributed by atoms with Gasteiger partial charge in [-0.05, 0) is 30.6 Å². The Balaban J connectivity index is 1.97. The van der Waals surface area contributed by atoms with E-state index < -0.39 is 0 Å². The largest absolute Gasteiger partial charge is 0.486 e. The van der Waals surface area contributed by atoms with Crippen molar-refractivity contribution in [3.8, 4) is 0 Å². The summed E-state index contributed by atoms with van der Waals surface area (Å²) in [5.41, 5.74) is 1.72. The minimum atomic E-state index is 0.414. The molecule has 0 spiro atoms. The highest BCUT2D eigenvalue weighted by Crippen LogP contribution is 2.21. The minimum absolute atomic E-state index is 0.414. The maximum absolute atomic E-state index is 5.53. The van der Waals surface area contributed by atoms with Crippen molar-refractivity contribution in [3.05, 3.63) is 47.2 Å². The first-order valence-electron chi connectivity index (χ1n) is 4.78. The first-order valence-corrected chi connectivity index (χ1v) is 5.55. The van der Waals surface area contributed by atoms with Gasteiger partial charge in [0, 0.05) is 6.20 Å². The Kier molecular flexibility index (Phi) is 3.26. The second-order valence-electron chi connectivity index (χ2n) is 3.22. The van der Waals surface area contributed by atoms with Crippen LogP contribution in [0.15, 0.2) is 31.0 Å². The van der Waals surface area contributed by atoms with Gasteiger partial charge in [-0.2, -0.15) is 0 Å². The number of rotatable bonds is 4. The van der Waals surface area contributed by atoms with E-state index in [0.29, 0.717) is 12.4 Å². The van der Waals surface area contributed by atoms with Crippen molar-refractivity contribution in [3.63, 3.8) is 0 Å². The molecule has 2 aromatic rings. The summed E-state index contributed by atoms with van der Waals surface area (Å²) in [4.78, 5) is 5.05. The molecule has 0 saturated carbocycles. The molecule has 82 valence electrons. The summed E-state index contributed by atoms with van der Waals surface area (Å²) < 4.78 is 9.36. The van der Waals surface area contributed by atoms with Crippen LogP contribution in [0, 0.1) is 6.92 Å². The topological polar surface area (TPSA) is 47.9 Å². The minimum Gasteiger partial charge on any atom is -0.486 e. The van der Waals surface area contributed by atoms with E-state index in [4.69, 9.17) is 4.74 Å². The van der Waals surface area contributed by atoms with Crippen molar-refractivity contribution in [2.45, 2.75) is 13.5 Å². The van der Waals surface area contributed by atoms with Crippen LogP contribution in [-0.2, 0) is 11.3 Å². The molecule has 0 fully saturated rings. The monoisotopic (exact) mass is 233 g/mol. The van der Waals surface area contributed by atoms with E-state index in [1.54, 1.807) is 6.20 Å². The molecule has 2 rings (SSSR count). The third-order valence-corrected chi connectivity index (χ3v) is 2.89. The summed E-state index contributed by atoms with van der Waals surface area (Å²) in [6, 6.07) is 5.70. The Morgan fingerprint density at radius 2 is 2.38 bits per heavy atom. The van der Waals surface area contributed by atoms with Crippen molar-refractivity contribution in [2.24, 2.45) is 0 Å². The lowest BCUT2D eigenvalue weighted by Gasteiger charge is -2.06. The first-order chi connectivity index (χ1) is 7.77. The van der Waals surface area contributed by atoms with Crippen LogP contribution in [-0.4, -0.2) is 14.6 Å². The fourth-order valence-electron chi connectivity index (χ4n) is 1.20. The predicted molar refractivity (Wildman–Crippen MR) is 62.7 cm³/mol. The Morgan fingerprint density at radius 1 is 1.50 bits per heavy atom. The van der Waals surface area contributed by atoms with Gasteiger partial charge in [0.15, 0.2) is 0 Å². The van der Waals surface area contributed by atoms with Gasteiger partial charge in [-0.15, -0.1) is 5.10 Å². The summed E-state index contributed by atoms with van der Waals surface area (Å²) in [5.74, 6) is 0.596. The molecular weight excluding hydrogens is 222 g/mol. The summed E-state index contributed by atoms with van der Waals surface area (Å²) in [6.07, 6.45) is 1.74. The molecule has 0 unspecified atom stereocenters. The number of hydrogen-bond acceptors (Lipinski definition) is 5. The molecule has 0 radical (unpaired) electrons. The van der Waals surface area contributed by atoms with E-state index in [0.717, 1.165) is 16.3 Å². The highest BCUT2D eigenvalue weighted by Gasteiger charge is 2.08. The zero-order valence-electron chi connectivity index (χ0n) is 8.88. The van der Waals surface area contributed by atoms with Gasteiger partial charge in [-0.1, -0.05) is 17.1 Å². The number of aryl methyl sites for hydroxylation is 1. The summed E-state index contributed by atoms with van der Waals surface area (Å²) in [6.45, 7) is 6.15. The number of hydrogen-bond donors (Lipinski definition) is 0. The third kappa shape index (κ3) is 2.43. The van der Waals surface area contributed by atoms with E-state index in [-0.39, 0.29) is 0 Å². The number of pyridine rings is 1. The van der Waals surface area contributed by atoms with Crippen LogP contribution < -0.4 is 0 Å². The zero-order valence-corrected chi connectivity index (χ0v) is 9.70. The van der Waals surface area contributed by atoms with Crippen molar-refractivity contribution in [1.82, 2.24) is 14.6 Å². The second-order valence-corrected chi connectivity index (χ2v) is 3.97. The molecule has 0 aromatic carbocycles. The molecule has 0 saturated heterocycles. The number of ether oxygens (including phenoxy) is 1. The maximum Gasteiger partial charge on any atom is 0.133 e. The molecular formula is C11H11N3OS. The lowest BCUT2D eigenvalue weighted by molar-refractivity contribution is 0.261. The Labute approximate surface area is 97.8 Å². The van der Waals surface area contributed by atoms with Gasteiger partial charge in [0.05, 0.1) is 11.4 Å². The normalized spacial score (nSPS) is 10.1. The Bertz CT molecular complexity index is 481. The van der Waals surface area contributed by atoms with Gasteiger partial charge in [-0.25, -0.2) is 0 Å². The average Bonchev–Trinajstić information content (AvgIpc) is 2.74. The molecule has 4 nitrogen and oxygen atoms in total. The predicted octanol–water partition coefficient (Wildman–Crippen LogP) is 2.43. The molecule has 0 amide bonds. The van der Waals surface area contributed by atoms with Gasteiger partial charge in [0.2, 0.25) is 0 Å². The molecule has 0 aliphatic carbocycles. The van der Waals surface area contributed by atoms with Crippen LogP contribution in [0.1, 0.15) is 16.3 Å². The zero-order chi connectivity index (χ0) is 11.4. The summed E-state index contributed by atoms with van der Waals surface area (Å²) in [7, 11) is 0. The molecule has 0 aliphatic heterocycles. The standard InChI is InChI=1S/C11H11N3OS/c1-8-11(16-14-13-8)9(2)15-7-10-5-3-4-6-12-10/h3-6H,2,7H2,1H3. The van der Waals surface area contributed by atoms with Gasteiger partial charge in [0.1, 0.15) is 17.2 Å². The highest BCUT2D eigenvalue weighted by atomic mass is 32.1. The maximum atomic E-state index is 5.53. The third-order valence-electron chi connectivity index (χ3n) is 2.03. The lowest BCUT2D eigenvalue weighted by atomic mass is 10.3. The van der Waals surface area contributed by atoms with Crippen LogP contribution in [0.25, 0.3) is 5.76 Å². The van der Waals surface area contributed by atoms with Crippen molar-refractivity contribution in [2.75, 3.05) is 0 Å². The number of aromatic nitrogens is 3. The first kappa shape index (κ1) is 10.8.